The molecule has 5 N–H and O–H groups in total. The number of β-amino-alcohol motifs (C(OH)–C–C–N with tert-alkyl or cyclic N) is 1. The molecule has 0 radical (unpaired) electrons. The van der Waals surface area contributed by atoms with Crippen LogP contribution in [0, 0.1) is 0 Å². The molecule has 29 heavy (non-hydrogen) atoms. The van der Waals surface area contributed by atoms with E-state index in [0.29, 0.717) is 31.5 Å². The molecule has 1 aliphatic heterocycles. The van der Waals surface area contributed by atoms with Gasteiger partial charge in [-0.1, -0.05) is 12.1 Å². The van der Waals surface area contributed by atoms with E-state index in [1.54, 1.807) is 4.90 Å². The highest BCUT2D eigenvalue weighted by molar-refractivity contribution is 5.78. The Morgan fingerprint density at radius 2 is 1.76 bits per heavy atom. The molecule has 4 atom stereocenters. The number of rotatable bonds is 8. The first kappa shape index (κ1) is 23.6. The number of carbonyl (C=O) groups is 1. The minimum atomic E-state index is -4.41. The number of carbonyl (C=O) groups excluding carboxylic acids is 1. The summed E-state index contributed by atoms with van der Waals surface area (Å²) in [6, 6.07) is 3.78. The number of aliphatic hydroxyl groups excluding tert-OH is 4. The number of alkyl halides is 3. The lowest BCUT2D eigenvalue weighted by Crippen LogP contribution is -2.62. The number of halogens is 3. The number of benzene rings is 1. The molecule has 0 unspecified atom stereocenters. The van der Waals surface area contributed by atoms with Crippen LogP contribution in [0.2, 0.25) is 0 Å². The van der Waals surface area contributed by atoms with E-state index >= 15 is 0 Å². The Morgan fingerprint density at radius 1 is 1.10 bits per heavy atom. The Bertz CT molecular complexity index is 656. The number of likely N-dealkylation sites (tertiary alicyclic amines) is 1. The van der Waals surface area contributed by atoms with Crippen LogP contribution in [0.25, 0.3) is 0 Å². The van der Waals surface area contributed by atoms with Gasteiger partial charge >= 0.3 is 6.18 Å². The lowest BCUT2D eigenvalue weighted by Gasteiger charge is -2.43. The number of piperidine rings is 1. The summed E-state index contributed by atoms with van der Waals surface area (Å²) < 4.78 is 37.6. The SMILES string of the molecule is O=C(Cc1ccc(C(F)(F)F)cc1)NCCCCN1C[C@H](O)[C@@H](O)[C@H](O)[C@H]1CO. The standard InChI is InChI=1S/C19H27F3N2O5/c20-19(21,22)13-5-3-12(4-6-13)9-16(27)23-7-1-2-8-24-10-15(26)18(29)17(28)14(24)11-25/h3-6,14-15,17-18,25-26,28-29H,1-2,7-11H2,(H,23,27)/t14-,15+,17-,18-/m1/s1. The topological polar surface area (TPSA) is 113 Å². The molecule has 0 bridgehead atoms. The average Bonchev–Trinajstić information content (AvgIpc) is 2.66. The highest BCUT2D eigenvalue weighted by Gasteiger charge is 2.40. The van der Waals surface area contributed by atoms with Gasteiger partial charge in [-0.25, -0.2) is 0 Å². The summed E-state index contributed by atoms with van der Waals surface area (Å²) in [4.78, 5) is 13.6. The van der Waals surface area contributed by atoms with Crippen molar-refractivity contribution in [3.8, 4) is 0 Å². The predicted molar refractivity (Wildman–Crippen MR) is 97.9 cm³/mol. The van der Waals surface area contributed by atoms with Gasteiger partial charge in [0, 0.05) is 13.1 Å². The van der Waals surface area contributed by atoms with Gasteiger partial charge < -0.3 is 25.7 Å². The van der Waals surface area contributed by atoms with Crippen molar-refractivity contribution in [3.63, 3.8) is 0 Å². The van der Waals surface area contributed by atoms with Gasteiger partial charge in [0.2, 0.25) is 5.91 Å². The number of amides is 1. The molecule has 1 aromatic carbocycles. The van der Waals surface area contributed by atoms with Gasteiger partial charge in [-0.2, -0.15) is 13.2 Å². The van der Waals surface area contributed by atoms with Crippen LogP contribution < -0.4 is 5.32 Å². The summed E-state index contributed by atoms with van der Waals surface area (Å²) in [6.07, 6.45) is -6.85. The van der Waals surface area contributed by atoms with E-state index in [4.69, 9.17) is 0 Å². The fourth-order valence-corrected chi connectivity index (χ4v) is 3.36. The molecule has 1 aliphatic rings. The molecule has 1 fully saturated rings. The minimum absolute atomic E-state index is 0.0207. The van der Waals surface area contributed by atoms with Crippen LogP contribution >= 0.6 is 0 Å². The third-order valence-electron chi connectivity index (χ3n) is 5.06. The van der Waals surface area contributed by atoms with E-state index < -0.39 is 36.1 Å². The maximum atomic E-state index is 12.5. The first-order chi connectivity index (χ1) is 13.6. The molecule has 1 aromatic rings. The number of hydrogen-bond donors (Lipinski definition) is 5. The van der Waals surface area contributed by atoms with Crippen LogP contribution in [0.5, 0.6) is 0 Å². The Morgan fingerprint density at radius 3 is 2.34 bits per heavy atom. The van der Waals surface area contributed by atoms with E-state index in [9.17, 15) is 38.4 Å². The predicted octanol–water partition coefficient (Wildman–Crippen LogP) is -0.0965. The van der Waals surface area contributed by atoms with Crippen molar-refractivity contribution >= 4 is 5.91 Å². The first-order valence-corrected chi connectivity index (χ1v) is 9.45. The van der Waals surface area contributed by atoms with Gasteiger partial charge in [-0.05, 0) is 37.1 Å². The van der Waals surface area contributed by atoms with Crippen molar-refractivity contribution in [2.24, 2.45) is 0 Å². The molecule has 7 nitrogen and oxygen atoms in total. The number of nitrogens with one attached hydrogen (secondary N) is 1. The van der Waals surface area contributed by atoms with Crippen molar-refractivity contribution in [1.82, 2.24) is 10.2 Å². The number of unbranched alkanes of at least 4 members (excludes halogenated alkanes) is 1. The molecule has 2 rings (SSSR count). The maximum Gasteiger partial charge on any atom is 0.416 e. The summed E-state index contributed by atoms with van der Waals surface area (Å²) in [7, 11) is 0. The molecule has 1 heterocycles. The van der Waals surface area contributed by atoms with E-state index in [2.05, 4.69) is 5.32 Å². The highest BCUT2D eigenvalue weighted by atomic mass is 19.4. The van der Waals surface area contributed by atoms with Gasteiger partial charge in [-0.3, -0.25) is 9.69 Å². The van der Waals surface area contributed by atoms with Crippen molar-refractivity contribution in [2.75, 3.05) is 26.2 Å². The Labute approximate surface area is 166 Å². The van der Waals surface area contributed by atoms with Crippen LogP contribution in [-0.4, -0.2) is 81.8 Å². The van der Waals surface area contributed by atoms with Gasteiger partial charge in [0.15, 0.2) is 0 Å². The third kappa shape index (κ3) is 6.65. The van der Waals surface area contributed by atoms with Crippen molar-refractivity contribution < 1.29 is 38.4 Å². The Hall–Kier alpha value is -1.72. The van der Waals surface area contributed by atoms with Crippen LogP contribution in [0.1, 0.15) is 24.0 Å². The molecule has 10 heteroatoms. The maximum absolute atomic E-state index is 12.5. The zero-order valence-electron chi connectivity index (χ0n) is 15.8. The van der Waals surface area contributed by atoms with E-state index in [1.807, 2.05) is 0 Å². The zero-order valence-corrected chi connectivity index (χ0v) is 15.8. The van der Waals surface area contributed by atoms with Crippen LogP contribution in [-0.2, 0) is 17.4 Å². The van der Waals surface area contributed by atoms with Crippen LogP contribution in [0.4, 0.5) is 13.2 Å². The molecule has 0 aliphatic carbocycles. The molecule has 0 saturated carbocycles. The van der Waals surface area contributed by atoms with Gasteiger partial charge in [-0.15, -0.1) is 0 Å². The largest absolute Gasteiger partial charge is 0.416 e. The summed E-state index contributed by atoms with van der Waals surface area (Å²) in [5.74, 6) is -0.301. The van der Waals surface area contributed by atoms with E-state index in [0.717, 1.165) is 12.1 Å². The second kappa shape index (κ2) is 10.4. The van der Waals surface area contributed by atoms with Gasteiger partial charge in [0.1, 0.15) is 12.2 Å². The van der Waals surface area contributed by atoms with E-state index in [-0.39, 0.29) is 25.5 Å². The summed E-state index contributed by atoms with van der Waals surface area (Å²) in [5, 5.41) is 41.4. The molecule has 1 amide bonds. The summed E-state index contributed by atoms with van der Waals surface area (Å²) in [6.45, 7) is 0.601. The Kier molecular flexibility index (Phi) is 8.41. The average molecular weight is 420 g/mol. The zero-order chi connectivity index (χ0) is 21.6. The Balaban J connectivity index is 1.69. The normalized spacial score (nSPS) is 25.8. The lowest BCUT2D eigenvalue weighted by atomic mass is 9.94. The van der Waals surface area contributed by atoms with Crippen molar-refractivity contribution in [2.45, 2.75) is 49.8 Å². The fraction of sp³-hybridized carbons (Fsp3) is 0.632. The number of hydrogen-bond acceptors (Lipinski definition) is 6. The smallest absolute Gasteiger partial charge is 0.395 e. The molecular weight excluding hydrogens is 393 g/mol. The minimum Gasteiger partial charge on any atom is -0.395 e. The van der Waals surface area contributed by atoms with Crippen LogP contribution in [0.15, 0.2) is 24.3 Å². The fourth-order valence-electron chi connectivity index (χ4n) is 3.36. The van der Waals surface area contributed by atoms with Gasteiger partial charge in [0.05, 0.1) is 30.7 Å². The number of aliphatic hydroxyl groups is 4. The molecule has 1 saturated heterocycles. The highest BCUT2D eigenvalue weighted by Crippen LogP contribution is 2.29. The van der Waals surface area contributed by atoms with Crippen molar-refractivity contribution in [1.29, 1.82) is 0 Å². The number of nitrogens with zero attached hydrogens (tertiary/aromatic N) is 1. The van der Waals surface area contributed by atoms with E-state index in [1.165, 1.54) is 12.1 Å². The first-order valence-electron chi connectivity index (χ1n) is 9.45. The molecular formula is C19H27F3N2O5. The second-order valence-corrected chi connectivity index (χ2v) is 7.22. The summed E-state index contributed by atoms with van der Waals surface area (Å²) >= 11 is 0. The monoisotopic (exact) mass is 420 g/mol. The van der Waals surface area contributed by atoms with Gasteiger partial charge in [0.25, 0.3) is 0 Å². The second-order valence-electron chi connectivity index (χ2n) is 7.22. The lowest BCUT2D eigenvalue weighted by molar-refractivity contribution is -0.145. The third-order valence-corrected chi connectivity index (χ3v) is 5.06. The molecule has 164 valence electrons. The van der Waals surface area contributed by atoms with Crippen LogP contribution in [0.3, 0.4) is 0 Å². The molecule has 0 spiro atoms. The molecule has 0 aromatic heterocycles. The van der Waals surface area contributed by atoms with Crippen molar-refractivity contribution in [3.05, 3.63) is 35.4 Å². The summed E-state index contributed by atoms with van der Waals surface area (Å²) in [5.41, 5.74) is -0.278. The quantitative estimate of drug-likeness (QED) is 0.376.